The molecule has 1 aromatic carbocycles. The number of aliphatic hydroxyl groups is 1. The van der Waals surface area contributed by atoms with E-state index < -0.39 is 5.79 Å². The van der Waals surface area contributed by atoms with Gasteiger partial charge in [0.1, 0.15) is 12.8 Å². The van der Waals surface area contributed by atoms with Crippen LogP contribution in [0.3, 0.4) is 0 Å². The topological polar surface area (TPSA) is 55.9 Å². The minimum Gasteiger partial charge on any atom is -0.464 e. The van der Waals surface area contributed by atoms with E-state index in [0.29, 0.717) is 18.9 Å². The van der Waals surface area contributed by atoms with E-state index in [1.165, 1.54) is 24.8 Å². The van der Waals surface area contributed by atoms with Gasteiger partial charge >= 0.3 is 5.90 Å². The first-order chi connectivity index (χ1) is 12.2. The van der Waals surface area contributed by atoms with Crippen LogP contribution in [0.1, 0.15) is 49.7 Å². The van der Waals surface area contributed by atoms with Crippen molar-refractivity contribution in [3.63, 3.8) is 0 Å². The second kappa shape index (κ2) is 6.96. The van der Waals surface area contributed by atoms with Gasteiger partial charge in [-0.3, -0.25) is 4.90 Å². The van der Waals surface area contributed by atoms with Gasteiger partial charge < -0.3 is 14.6 Å². The lowest BCUT2D eigenvalue weighted by Crippen LogP contribution is -2.68. The molecule has 0 amide bonds. The van der Waals surface area contributed by atoms with Gasteiger partial charge in [0.2, 0.25) is 5.79 Å². The number of benzene rings is 1. The predicted octanol–water partition coefficient (Wildman–Crippen LogP) is 1.54. The Kier molecular flexibility index (Phi) is 4.69. The van der Waals surface area contributed by atoms with Gasteiger partial charge in [0.15, 0.2) is 0 Å². The molecule has 1 aromatic rings. The maximum Gasteiger partial charge on any atom is 0.332 e. The Bertz CT molecular complexity index is 646. The molecule has 2 fully saturated rings. The molecule has 2 heterocycles. The lowest BCUT2D eigenvalue weighted by atomic mass is 9.89. The van der Waals surface area contributed by atoms with E-state index in [-0.39, 0.29) is 0 Å². The summed E-state index contributed by atoms with van der Waals surface area (Å²) in [6, 6.07) is 7.13. The minimum absolute atomic E-state index is 0.322. The largest absolute Gasteiger partial charge is 0.464 e. The molecule has 3 aliphatic rings. The number of nitrogens with zero attached hydrogens (tertiary/aromatic N) is 1. The van der Waals surface area contributed by atoms with Crippen LogP contribution in [0, 0.1) is 0 Å². The lowest BCUT2D eigenvalue weighted by Gasteiger charge is -2.47. The van der Waals surface area contributed by atoms with Crippen molar-refractivity contribution >= 4 is 5.90 Å². The van der Waals surface area contributed by atoms with Gasteiger partial charge in [0.05, 0.1) is 13.0 Å². The molecule has 5 heteroatoms. The van der Waals surface area contributed by atoms with Gasteiger partial charge in [-0.2, -0.15) is 0 Å². The Hall–Kier alpha value is -1.59. The van der Waals surface area contributed by atoms with Crippen LogP contribution in [0.2, 0.25) is 0 Å². The van der Waals surface area contributed by atoms with E-state index in [2.05, 4.69) is 28.1 Å². The monoisotopic (exact) mass is 345 g/mol. The normalized spacial score (nSPS) is 23.8. The Balaban J connectivity index is 1.38. The highest BCUT2D eigenvalue weighted by Gasteiger charge is 2.42. The number of piperidine rings is 1. The SMILES string of the molecule is C[NH+]=C(O)CCc1ccc2c(c1)COC1(CCN(C3CCC3)CC1)O2. The van der Waals surface area contributed by atoms with Crippen molar-refractivity contribution in [3.8, 4) is 5.75 Å². The summed E-state index contributed by atoms with van der Waals surface area (Å²) in [5, 5.41) is 9.56. The molecule has 1 saturated heterocycles. The number of aliphatic hydroxyl groups excluding tert-OH is 1. The molecule has 0 atom stereocenters. The first-order valence-corrected chi connectivity index (χ1v) is 9.59. The van der Waals surface area contributed by atoms with E-state index in [0.717, 1.165) is 49.7 Å². The summed E-state index contributed by atoms with van der Waals surface area (Å²) >= 11 is 0. The number of ether oxygens (including phenoxy) is 2. The number of hydrogen-bond acceptors (Lipinski definition) is 3. The molecule has 0 bridgehead atoms. The fourth-order valence-electron chi connectivity index (χ4n) is 4.06. The number of likely N-dealkylation sites (tertiary alicyclic amines) is 1. The Labute approximate surface area is 149 Å². The highest BCUT2D eigenvalue weighted by Crippen LogP contribution is 2.39. The zero-order chi connectivity index (χ0) is 17.3. The van der Waals surface area contributed by atoms with Crippen LogP contribution >= 0.6 is 0 Å². The molecule has 5 nitrogen and oxygen atoms in total. The third kappa shape index (κ3) is 3.53. The van der Waals surface area contributed by atoms with E-state index in [4.69, 9.17) is 9.47 Å². The van der Waals surface area contributed by atoms with Gasteiger partial charge in [0, 0.05) is 37.5 Å². The maximum absolute atomic E-state index is 9.56. The number of nitrogens with one attached hydrogen (secondary N) is 1. The van der Waals surface area contributed by atoms with Crippen molar-refractivity contribution in [2.24, 2.45) is 0 Å². The number of fused-ring (bicyclic) bond motifs is 1. The summed E-state index contributed by atoms with van der Waals surface area (Å²) in [7, 11) is 1.74. The second-order valence-corrected chi connectivity index (χ2v) is 7.56. The van der Waals surface area contributed by atoms with Crippen molar-refractivity contribution in [1.29, 1.82) is 0 Å². The summed E-state index contributed by atoms with van der Waals surface area (Å²) in [5.74, 6) is 0.865. The third-order valence-corrected chi connectivity index (χ3v) is 6.00. The number of rotatable bonds is 4. The fourth-order valence-corrected chi connectivity index (χ4v) is 4.06. The molecule has 2 aliphatic heterocycles. The summed E-state index contributed by atoms with van der Waals surface area (Å²) in [6.07, 6.45) is 7.45. The van der Waals surface area contributed by atoms with Crippen molar-refractivity contribution in [1.82, 2.24) is 4.90 Å². The standard InChI is InChI=1S/C20H28N2O3/c1-21-19(23)8-6-15-5-7-18-16(13-15)14-24-20(25-18)9-11-22(12-10-20)17-3-2-4-17/h5,7,13,17H,2-4,6,8-12,14H2,1H3,(H,21,23)/p+1. The zero-order valence-corrected chi connectivity index (χ0v) is 15.1. The Morgan fingerprint density at radius 3 is 2.80 bits per heavy atom. The van der Waals surface area contributed by atoms with Crippen molar-refractivity contribution in [2.45, 2.75) is 63.4 Å². The van der Waals surface area contributed by atoms with Crippen LogP contribution in [0.4, 0.5) is 0 Å². The van der Waals surface area contributed by atoms with Gasteiger partial charge in [-0.25, -0.2) is 4.99 Å². The van der Waals surface area contributed by atoms with Crippen molar-refractivity contribution in [2.75, 3.05) is 20.1 Å². The van der Waals surface area contributed by atoms with Gasteiger partial charge in [-0.05, 0) is 37.0 Å². The van der Waals surface area contributed by atoms with E-state index in [1.54, 1.807) is 7.05 Å². The molecule has 0 aromatic heterocycles. The van der Waals surface area contributed by atoms with Crippen molar-refractivity contribution < 1.29 is 19.6 Å². The van der Waals surface area contributed by atoms with Crippen LogP contribution < -0.4 is 9.73 Å². The highest BCUT2D eigenvalue weighted by atomic mass is 16.7. The van der Waals surface area contributed by atoms with Crippen LogP contribution in [0.25, 0.3) is 0 Å². The third-order valence-electron chi connectivity index (χ3n) is 6.00. The van der Waals surface area contributed by atoms with Crippen LogP contribution in [-0.4, -0.2) is 47.9 Å². The van der Waals surface area contributed by atoms with Crippen LogP contribution in [-0.2, 0) is 17.8 Å². The van der Waals surface area contributed by atoms with Crippen LogP contribution in [0.5, 0.6) is 5.75 Å². The first kappa shape index (κ1) is 16.9. The van der Waals surface area contributed by atoms with E-state index >= 15 is 0 Å². The molecule has 136 valence electrons. The first-order valence-electron chi connectivity index (χ1n) is 9.59. The smallest absolute Gasteiger partial charge is 0.332 e. The van der Waals surface area contributed by atoms with Crippen LogP contribution in [0.15, 0.2) is 18.2 Å². The van der Waals surface area contributed by atoms with E-state index in [9.17, 15) is 5.11 Å². The van der Waals surface area contributed by atoms with Gasteiger partial charge in [-0.1, -0.05) is 12.5 Å². The molecule has 2 N–H and O–H groups in total. The highest BCUT2D eigenvalue weighted by molar-refractivity contribution is 5.67. The summed E-state index contributed by atoms with van der Waals surface area (Å²) in [4.78, 5) is 5.39. The molecule has 1 spiro atoms. The van der Waals surface area contributed by atoms with Gasteiger partial charge in [0.25, 0.3) is 0 Å². The molecule has 0 unspecified atom stereocenters. The number of aryl methyl sites for hydroxylation is 1. The molecule has 0 radical (unpaired) electrons. The quantitative estimate of drug-likeness (QED) is 0.642. The maximum atomic E-state index is 9.56. The lowest BCUT2D eigenvalue weighted by molar-refractivity contribution is -0.431. The zero-order valence-electron chi connectivity index (χ0n) is 15.1. The average molecular weight is 345 g/mol. The molecule has 1 saturated carbocycles. The summed E-state index contributed by atoms with van der Waals surface area (Å²) in [5.41, 5.74) is 2.32. The molecule has 25 heavy (non-hydrogen) atoms. The Morgan fingerprint density at radius 1 is 1.32 bits per heavy atom. The molecule has 1 aliphatic carbocycles. The molecular weight excluding hydrogens is 316 g/mol. The van der Waals surface area contributed by atoms with Crippen molar-refractivity contribution in [3.05, 3.63) is 29.3 Å². The van der Waals surface area contributed by atoms with E-state index in [1.807, 2.05) is 0 Å². The van der Waals surface area contributed by atoms with Gasteiger partial charge in [-0.15, -0.1) is 0 Å². The fraction of sp³-hybridized carbons (Fsp3) is 0.650. The molecular formula is C20H29N2O3+. The summed E-state index contributed by atoms with van der Waals surface area (Å²) in [6.45, 7) is 2.78. The average Bonchev–Trinajstić information content (AvgIpc) is 2.60. The molecule has 4 rings (SSSR count). The second-order valence-electron chi connectivity index (χ2n) is 7.56. The number of hydrogen-bond donors (Lipinski definition) is 2. The summed E-state index contributed by atoms with van der Waals surface area (Å²) < 4.78 is 12.5. The minimum atomic E-state index is -0.424. The predicted molar refractivity (Wildman–Crippen MR) is 95.9 cm³/mol. The Morgan fingerprint density at radius 2 is 2.12 bits per heavy atom.